The number of benzene rings is 3. The van der Waals surface area contributed by atoms with Crippen molar-refractivity contribution in [1.29, 1.82) is 0 Å². The first-order valence-corrected chi connectivity index (χ1v) is 15.3. The minimum Gasteiger partial charge on any atom is -0.484 e. The van der Waals surface area contributed by atoms with E-state index < -0.39 is 16.1 Å². The molecule has 3 aromatic carbocycles. The van der Waals surface area contributed by atoms with Crippen LogP contribution in [-0.4, -0.2) is 68.9 Å². The second-order valence-corrected chi connectivity index (χ2v) is 11.7. The summed E-state index contributed by atoms with van der Waals surface area (Å²) in [6.07, 6.45) is 1.77. The van der Waals surface area contributed by atoms with Crippen LogP contribution in [0, 0.1) is 0 Å². The van der Waals surface area contributed by atoms with E-state index in [1.807, 2.05) is 67.6 Å². The lowest BCUT2D eigenvalue weighted by atomic mass is 10.0. The zero-order chi connectivity index (χ0) is 29.1. The van der Waals surface area contributed by atoms with Gasteiger partial charge in [-0.25, -0.2) is 8.42 Å². The minimum absolute atomic E-state index is 0.150. The summed E-state index contributed by atoms with van der Waals surface area (Å²) in [6, 6.07) is 23.9. The molecule has 0 aromatic heterocycles. The molecule has 0 saturated carbocycles. The molecule has 1 saturated heterocycles. The molecule has 9 nitrogen and oxygen atoms in total. The van der Waals surface area contributed by atoms with E-state index in [0.717, 1.165) is 18.4 Å². The Morgan fingerprint density at radius 1 is 0.951 bits per heavy atom. The molecule has 1 unspecified atom stereocenters. The molecule has 10 heteroatoms. The second-order valence-electron chi connectivity index (χ2n) is 9.74. The van der Waals surface area contributed by atoms with Crippen LogP contribution in [0.4, 0.5) is 0 Å². The highest BCUT2D eigenvalue weighted by molar-refractivity contribution is 7.89. The van der Waals surface area contributed by atoms with E-state index in [2.05, 4.69) is 5.32 Å². The topological polar surface area (TPSA) is 105 Å². The molecule has 2 amide bonds. The number of carbonyl (C=O) groups excluding carboxylic acids is 2. The van der Waals surface area contributed by atoms with E-state index in [0.29, 0.717) is 44.2 Å². The van der Waals surface area contributed by atoms with Crippen LogP contribution in [0.1, 0.15) is 36.9 Å². The Hall–Kier alpha value is -3.73. The van der Waals surface area contributed by atoms with E-state index in [4.69, 9.17) is 9.47 Å². The maximum absolute atomic E-state index is 13.7. The molecule has 1 heterocycles. The van der Waals surface area contributed by atoms with Gasteiger partial charge in [0.05, 0.1) is 18.1 Å². The summed E-state index contributed by atoms with van der Waals surface area (Å²) >= 11 is 0. The quantitative estimate of drug-likeness (QED) is 0.309. The van der Waals surface area contributed by atoms with E-state index in [-0.39, 0.29) is 29.9 Å². The molecule has 0 aliphatic carbocycles. The summed E-state index contributed by atoms with van der Waals surface area (Å²) in [5, 5.41) is 2.98. The molecule has 0 spiro atoms. The van der Waals surface area contributed by atoms with Crippen LogP contribution in [0.3, 0.4) is 0 Å². The zero-order valence-electron chi connectivity index (χ0n) is 23.3. The molecular weight excluding hydrogens is 542 g/mol. The fourth-order valence-corrected chi connectivity index (χ4v) is 5.98. The molecule has 3 aromatic rings. The van der Waals surface area contributed by atoms with Crippen LogP contribution in [0.15, 0.2) is 89.8 Å². The standard InChI is InChI=1S/C31H37N3O6S/c1-2-3-18-32-31(36)30(26-12-8-5-9-13-26)34(23-25-10-6-4-7-11-25)29(35)24-40-27-14-16-28(17-15-27)41(37,38)33-19-21-39-22-20-33/h4-17,30H,2-3,18-24H2,1H3,(H,32,36). The molecule has 41 heavy (non-hydrogen) atoms. The van der Waals surface area contributed by atoms with Gasteiger partial charge in [0, 0.05) is 26.2 Å². The molecule has 1 aliphatic heterocycles. The number of morpholine rings is 1. The van der Waals surface area contributed by atoms with E-state index in [9.17, 15) is 18.0 Å². The number of rotatable bonds is 13. The summed E-state index contributed by atoms with van der Waals surface area (Å²) in [5.41, 5.74) is 1.57. The van der Waals surface area contributed by atoms with Crippen LogP contribution in [0.25, 0.3) is 0 Å². The van der Waals surface area contributed by atoms with Crippen molar-refractivity contribution in [3.05, 3.63) is 96.1 Å². The van der Waals surface area contributed by atoms with Gasteiger partial charge in [-0.3, -0.25) is 9.59 Å². The van der Waals surface area contributed by atoms with E-state index in [1.165, 1.54) is 33.5 Å². The highest BCUT2D eigenvalue weighted by atomic mass is 32.2. The fraction of sp³-hybridized carbons (Fsp3) is 0.355. The molecule has 1 aliphatic rings. The van der Waals surface area contributed by atoms with Crippen LogP contribution in [0.2, 0.25) is 0 Å². The van der Waals surface area contributed by atoms with Crippen LogP contribution in [0.5, 0.6) is 5.75 Å². The highest BCUT2D eigenvalue weighted by Crippen LogP contribution is 2.25. The summed E-state index contributed by atoms with van der Waals surface area (Å²) < 4.78 is 38.3. The Labute approximate surface area is 242 Å². The van der Waals surface area contributed by atoms with E-state index in [1.54, 1.807) is 0 Å². The Kier molecular flexibility index (Phi) is 10.9. The Morgan fingerprint density at radius 2 is 1.59 bits per heavy atom. The van der Waals surface area contributed by atoms with Gasteiger partial charge in [-0.2, -0.15) is 4.31 Å². The summed E-state index contributed by atoms with van der Waals surface area (Å²) in [5.74, 6) is -0.285. The van der Waals surface area contributed by atoms with Gasteiger partial charge >= 0.3 is 0 Å². The molecule has 218 valence electrons. The molecular formula is C31H37N3O6S. The van der Waals surface area contributed by atoms with Gasteiger partial charge < -0.3 is 19.7 Å². The maximum atomic E-state index is 13.7. The van der Waals surface area contributed by atoms with Crippen molar-refractivity contribution < 1.29 is 27.5 Å². The van der Waals surface area contributed by atoms with Gasteiger partial charge in [0.25, 0.3) is 5.91 Å². The van der Waals surface area contributed by atoms with Crippen molar-refractivity contribution in [2.45, 2.75) is 37.2 Å². The number of sulfonamides is 1. The van der Waals surface area contributed by atoms with Gasteiger partial charge in [0.1, 0.15) is 11.8 Å². The summed E-state index contributed by atoms with van der Waals surface area (Å²) in [6.45, 7) is 3.79. The molecule has 4 rings (SSSR count). The van der Waals surface area contributed by atoms with Crippen molar-refractivity contribution in [2.75, 3.05) is 39.5 Å². The van der Waals surface area contributed by atoms with E-state index >= 15 is 0 Å². The highest BCUT2D eigenvalue weighted by Gasteiger charge is 2.32. The first-order chi connectivity index (χ1) is 19.9. The lowest BCUT2D eigenvalue weighted by molar-refractivity contribution is -0.143. The number of unbranched alkanes of at least 4 members (excludes halogenated alkanes) is 1. The molecule has 1 fully saturated rings. The largest absolute Gasteiger partial charge is 0.484 e. The first-order valence-electron chi connectivity index (χ1n) is 13.9. The molecule has 1 atom stereocenters. The SMILES string of the molecule is CCCCNC(=O)C(c1ccccc1)N(Cc1ccccc1)C(=O)COc1ccc(S(=O)(=O)N2CCOCC2)cc1. The third-order valence-electron chi connectivity index (χ3n) is 6.81. The van der Waals surface area contributed by atoms with Crippen LogP contribution < -0.4 is 10.1 Å². The van der Waals surface area contributed by atoms with Crippen molar-refractivity contribution >= 4 is 21.8 Å². The molecule has 0 bridgehead atoms. The average Bonchev–Trinajstić information content (AvgIpc) is 3.01. The number of nitrogens with zero attached hydrogens (tertiary/aromatic N) is 2. The normalized spacial score (nSPS) is 14.7. The van der Waals surface area contributed by atoms with Gasteiger partial charge in [-0.1, -0.05) is 74.0 Å². The predicted molar refractivity (Wildman–Crippen MR) is 156 cm³/mol. The number of nitrogens with one attached hydrogen (secondary N) is 1. The Balaban J connectivity index is 1.53. The molecule has 1 N–H and O–H groups in total. The monoisotopic (exact) mass is 579 g/mol. The Morgan fingerprint density at radius 3 is 2.22 bits per heavy atom. The third kappa shape index (κ3) is 8.16. The van der Waals surface area contributed by atoms with Gasteiger partial charge in [0.2, 0.25) is 15.9 Å². The van der Waals surface area contributed by atoms with Crippen molar-refractivity contribution in [2.24, 2.45) is 0 Å². The summed E-state index contributed by atoms with van der Waals surface area (Å²) in [7, 11) is -3.64. The number of carbonyl (C=O) groups is 2. The average molecular weight is 580 g/mol. The summed E-state index contributed by atoms with van der Waals surface area (Å²) in [4.78, 5) is 28.9. The fourth-order valence-electron chi connectivity index (χ4n) is 4.57. The predicted octanol–water partition coefficient (Wildman–Crippen LogP) is 3.77. The van der Waals surface area contributed by atoms with Crippen LogP contribution >= 0.6 is 0 Å². The maximum Gasteiger partial charge on any atom is 0.261 e. The Bertz CT molecular complexity index is 1360. The third-order valence-corrected chi connectivity index (χ3v) is 8.73. The van der Waals surface area contributed by atoms with Gasteiger partial charge in [-0.15, -0.1) is 0 Å². The number of ether oxygens (including phenoxy) is 2. The van der Waals surface area contributed by atoms with Gasteiger partial charge in [0.15, 0.2) is 6.61 Å². The smallest absolute Gasteiger partial charge is 0.261 e. The lowest BCUT2D eigenvalue weighted by Gasteiger charge is -2.31. The number of hydrogen-bond donors (Lipinski definition) is 1. The second kappa shape index (κ2) is 14.8. The van der Waals surface area contributed by atoms with Gasteiger partial charge in [-0.05, 0) is 41.8 Å². The lowest BCUT2D eigenvalue weighted by Crippen LogP contribution is -2.45. The van der Waals surface area contributed by atoms with Crippen molar-refractivity contribution in [1.82, 2.24) is 14.5 Å². The zero-order valence-corrected chi connectivity index (χ0v) is 24.1. The first kappa shape index (κ1) is 30.2. The minimum atomic E-state index is -3.64. The van der Waals surface area contributed by atoms with Crippen molar-refractivity contribution in [3.63, 3.8) is 0 Å². The number of amides is 2. The number of hydrogen-bond acceptors (Lipinski definition) is 6. The van der Waals surface area contributed by atoms with Crippen molar-refractivity contribution in [3.8, 4) is 5.75 Å². The molecule has 0 radical (unpaired) electrons. The van der Waals surface area contributed by atoms with Crippen LogP contribution in [-0.2, 0) is 30.9 Å².